The number of amides is 1. The van der Waals surface area contributed by atoms with Crippen molar-refractivity contribution in [2.24, 2.45) is 0 Å². The normalized spacial score (nSPS) is 15.6. The summed E-state index contributed by atoms with van der Waals surface area (Å²) >= 11 is 0.965. The lowest BCUT2D eigenvalue weighted by atomic mass is 9.85. The second kappa shape index (κ2) is 10.5. The van der Waals surface area contributed by atoms with Gasteiger partial charge in [-0.15, -0.1) is 0 Å². The number of benzene rings is 2. The maximum absolute atomic E-state index is 14.0. The number of rotatable bonds is 7. The fourth-order valence-corrected chi connectivity index (χ4v) is 5.82. The van der Waals surface area contributed by atoms with E-state index in [2.05, 4.69) is 25.8 Å². The molecule has 0 bridgehead atoms. The Kier molecular flexibility index (Phi) is 7.21. The molecule has 1 unspecified atom stereocenters. The SMILES string of the molecule is CCOC(=O)c1sc(N2C(=O)C(O)=C(C(=O)c3cc4cccc(OC)c4o3)C2c2ccc(C(C)(C)C)cc2)nc1C. The van der Waals surface area contributed by atoms with Crippen molar-refractivity contribution in [1.82, 2.24) is 4.98 Å². The van der Waals surface area contributed by atoms with Crippen LogP contribution in [-0.2, 0) is 14.9 Å². The molecule has 0 fully saturated rings. The van der Waals surface area contributed by atoms with Crippen molar-refractivity contribution in [2.75, 3.05) is 18.6 Å². The Hall–Kier alpha value is -4.44. The molecule has 1 aliphatic rings. The van der Waals surface area contributed by atoms with E-state index in [9.17, 15) is 19.5 Å². The van der Waals surface area contributed by atoms with Crippen LogP contribution in [0, 0.1) is 6.92 Å². The van der Waals surface area contributed by atoms with Crippen LogP contribution in [0.2, 0.25) is 0 Å². The van der Waals surface area contributed by atoms with Gasteiger partial charge in [0.05, 0.1) is 31.0 Å². The van der Waals surface area contributed by atoms with Gasteiger partial charge >= 0.3 is 5.97 Å². The van der Waals surface area contributed by atoms with Crippen LogP contribution in [0.5, 0.6) is 5.75 Å². The van der Waals surface area contributed by atoms with Crippen molar-refractivity contribution in [1.29, 1.82) is 0 Å². The van der Waals surface area contributed by atoms with Gasteiger partial charge in [-0.05, 0) is 42.5 Å². The molecule has 212 valence electrons. The molecule has 4 aromatic rings. The number of ketones is 1. The zero-order chi connectivity index (χ0) is 29.6. The lowest BCUT2D eigenvalue weighted by Crippen LogP contribution is -2.31. The number of thiazole rings is 1. The number of Topliss-reactive ketones (excluding diaryl/α,β-unsaturated/α-hetero) is 1. The molecule has 1 atom stereocenters. The fraction of sp³-hybridized carbons (Fsp3) is 0.290. The second-order valence-electron chi connectivity index (χ2n) is 10.7. The topological polar surface area (TPSA) is 119 Å². The average molecular weight is 575 g/mol. The van der Waals surface area contributed by atoms with E-state index in [1.165, 1.54) is 12.0 Å². The highest BCUT2D eigenvalue weighted by molar-refractivity contribution is 7.17. The molecule has 0 aliphatic carbocycles. The lowest BCUT2D eigenvalue weighted by Gasteiger charge is -2.25. The molecule has 0 radical (unpaired) electrons. The first kappa shape index (κ1) is 28.1. The quantitative estimate of drug-likeness (QED) is 0.197. The van der Waals surface area contributed by atoms with Crippen LogP contribution in [-0.4, -0.2) is 41.5 Å². The van der Waals surface area contributed by atoms with Gasteiger partial charge in [0, 0.05) is 5.39 Å². The fourth-order valence-electron chi connectivity index (χ4n) is 4.83. The van der Waals surface area contributed by atoms with E-state index in [-0.39, 0.29) is 33.4 Å². The van der Waals surface area contributed by atoms with Gasteiger partial charge in [-0.2, -0.15) is 0 Å². The number of hydrogen-bond acceptors (Lipinski definition) is 9. The Morgan fingerprint density at radius 3 is 2.49 bits per heavy atom. The summed E-state index contributed by atoms with van der Waals surface area (Å²) in [4.78, 5) is 46.1. The van der Waals surface area contributed by atoms with Crippen LogP contribution in [0.4, 0.5) is 5.13 Å². The van der Waals surface area contributed by atoms with E-state index in [0.717, 1.165) is 16.9 Å². The van der Waals surface area contributed by atoms with Gasteiger partial charge in [0.15, 0.2) is 28.0 Å². The number of ether oxygens (including phenoxy) is 2. The van der Waals surface area contributed by atoms with Gasteiger partial charge in [-0.3, -0.25) is 14.5 Å². The summed E-state index contributed by atoms with van der Waals surface area (Å²) in [5, 5.41) is 12.0. The summed E-state index contributed by atoms with van der Waals surface area (Å²) in [5.74, 6) is -2.34. The summed E-state index contributed by atoms with van der Waals surface area (Å²) in [6.45, 7) is 9.77. The molecule has 5 rings (SSSR count). The van der Waals surface area contributed by atoms with Gasteiger partial charge in [0.2, 0.25) is 5.78 Å². The van der Waals surface area contributed by atoms with Crippen molar-refractivity contribution < 1.29 is 33.4 Å². The van der Waals surface area contributed by atoms with Crippen molar-refractivity contribution in [3.63, 3.8) is 0 Å². The zero-order valence-corrected chi connectivity index (χ0v) is 24.4. The number of esters is 1. The molecule has 1 aliphatic heterocycles. The molecular weight excluding hydrogens is 544 g/mol. The van der Waals surface area contributed by atoms with Crippen LogP contribution >= 0.6 is 11.3 Å². The number of para-hydroxylation sites is 1. The third-order valence-electron chi connectivity index (χ3n) is 6.95. The minimum Gasteiger partial charge on any atom is -0.503 e. The Morgan fingerprint density at radius 2 is 1.85 bits per heavy atom. The van der Waals surface area contributed by atoms with Crippen LogP contribution in [0.3, 0.4) is 0 Å². The Bertz CT molecular complexity index is 1710. The number of aliphatic hydroxyl groups is 1. The van der Waals surface area contributed by atoms with Gasteiger partial charge in [0.1, 0.15) is 4.88 Å². The maximum atomic E-state index is 14.0. The number of nitrogens with zero attached hydrogens (tertiary/aromatic N) is 2. The highest BCUT2D eigenvalue weighted by Crippen LogP contribution is 2.44. The van der Waals surface area contributed by atoms with Crippen LogP contribution in [0.1, 0.15) is 70.8 Å². The minimum absolute atomic E-state index is 0.0560. The molecule has 0 saturated carbocycles. The second-order valence-corrected chi connectivity index (χ2v) is 11.6. The van der Waals surface area contributed by atoms with Crippen molar-refractivity contribution in [2.45, 2.75) is 46.1 Å². The van der Waals surface area contributed by atoms with Crippen molar-refractivity contribution in [3.8, 4) is 5.75 Å². The molecule has 0 saturated heterocycles. The minimum atomic E-state index is -1.03. The van der Waals surface area contributed by atoms with Crippen LogP contribution in [0.15, 0.2) is 64.3 Å². The molecular formula is C31H30N2O7S. The predicted molar refractivity (Wildman–Crippen MR) is 155 cm³/mol. The van der Waals surface area contributed by atoms with Gasteiger partial charge < -0.3 is 19.0 Å². The number of furan rings is 1. The number of anilines is 1. The van der Waals surface area contributed by atoms with Crippen LogP contribution in [0.25, 0.3) is 11.0 Å². The van der Waals surface area contributed by atoms with E-state index in [4.69, 9.17) is 13.9 Å². The maximum Gasteiger partial charge on any atom is 0.350 e. The van der Waals surface area contributed by atoms with E-state index in [1.807, 2.05) is 24.3 Å². The van der Waals surface area contributed by atoms with E-state index in [0.29, 0.717) is 28.0 Å². The number of aryl methyl sites for hydroxylation is 1. The van der Waals surface area contributed by atoms with E-state index in [1.54, 1.807) is 38.1 Å². The average Bonchev–Trinajstić information content (AvgIpc) is 3.62. The highest BCUT2D eigenvalue weighted by atomic mass is 32.1. The van der Waals surface area contributed by atoms with E-state index >= 15 is 0 Å². The monoisotopic (exact) mass is 574 g/mol. The molecule has 1 amide bonds. The smallest absolute Gasteiger partial charge is 0.350 e. The lowest BCUT2D eigenvalue weighted by molar-refractivity contribution is -0.117. The summed E-state index contributed by atoms with van der Waals surface area (Å²) in [5.41, 5.74) is 2.11. The van der Waals surface area contributed by atoms with Gasteiger partial charge in [0.25, 0.3) is 5.91 Å². The Morgan fingerprint density at radius 1 is 1.15 bits per heavy atom. The largest absolute Gasteiger partial charge is 0.503 e. The molecule has 10 heteroatoms. The Balaban J connectivity index is 1.65. The summed E-state index contributed by atoms with van der Waals surface area (Å²) < 4.78 is 16.4. The standard InChI is InChI=1S/C31H30N2O7S/c1-7-39-29(37)27-16(2)32-30(41-27)33-23(17-11-13-19(14-12-17)31(3,4)5)22(25(35)28(33)36)24(34)21-15-18-9-8-10-20(38-6)26(18)40-21/h8-15,23,35H,7H2,1-6H3. The first-order chi connectivity index (χ1) is 19.5. The number of aromatic nitrogens is 1. The number of carbonyl (C=O) groups is 3. The highest BCUT2D eigenvalue weighted by Gasteiger charge is 2.47. The summed E-state index contributed by atoms with van der Waals surface area (Å²) in [6.07, 6.45) is 0. The molecule has 9 nitrogen and oxygen atoms in total. The molecule has 41 heavy (non-hydrogen) atoms. The van der Waals surface area contributed by atoms with Gasteiger partial charge in [-0.1, -0.05) is 68.5 Å². The van der Waals surface area contributed by atoms with Crippen LogP contribution < -0.4 is 9.64 Å². The molecule has 1 N–H and O–H groups in total. The molecule has 0 spiro atoms. The summed E-state index contributed by atoms with van der Waals surface area (Å²) in [7, 11) is 1.50. The zero-order valence-electron chi connectivity index (χ0n) is 23.6. The first-order valence-corrected chi connectivity index (χ1v) is 13.9. The summed E-state index contributed by atoms with van der Waals surface area (Å²) in [6, 6.07) is 13.3. The number of carbonyl (C=O) groups excluding carboxylic acids is 3. The van der Waals surface area contributed by atoms with Crippen molar-refractivity contribution in [3.05, 3.63) is 87.3 Å². The molecule has 2 aromatic carbocycles. The third-order valence-corrected chi connectivity index (χ3v) is 8.09. The van der Waals surface area contributed by atoms with Crippen molar-refractivity contribution >= 4 is 45.1 Å². The number of hydrogen-bond donors (Lipinski definition) is 1. The number of aliphatic hydroxyl groups excluding tert-OH is 1. The molecule has 3 heterocycles. The van der Waals surface area contributed by atoms with E-state index < -0.39 is 29.5 Å². The number of methoxy groups -OCH3 is 1. The Labute approximate surface area is 241 Å². The molecule has 2 aromatic heterocycles. The first-order valence-electron chi connectivity index (χ1n) is 13.1. The van der Waals surface area contributed by atoms with Gasteiger partial charge in [-0.25, -0.2) is 9.78 Å². The predicted octanol–water partition coefficient (Wildman–Crippen LogP) is 6.46. The third kappa shape index (κ3) is 4.88. The number of fused-ring (bicyclic) bond motifs is 1.